The molecule has 0 saturated heterocycles. The van der Waals surface area contributed by atoms with Crippen molar-refractivity contribution in [3.8, 4) is 0 Å². The van der Waals surface area contributed by atoms with Crippen LogP contribution in [0.15, 0.2) is 36.5 Å². The van der Waals surface area contributed by atoms with E-state index in [0.29, 0.717) is 17.4 Å². The van der Waals surface area contributed by atoms with Crippen molar-refractivity contribution in [3.63, 3.8) is 0 Å². The third-order valence-corrected chi connectivity index (χ3v) is 14.3. The topological polar surface area (TPSA) is 108 Å². The van der Waals surface area contributed by atoms with Gasteiger partial charge in [-0.05, 0) is 51.4 Å². The van der Waals surface area contributed by atoms with Gasteiger partial charge in [-0.25, -0.2) is 0 Å². The zero-order valence-electron chi connectivity index (χ0n) is 45.8. The number of rotatable bonds is 54. The molecular formula is C59H115N2O6P. The Morgan fingerprint density at radius 2 is 0.853 bits per heavy atom. The van der Waals surface area contributed by atoms with E-state index in [-0.39, 0.29) is 19.1 Å². The highest BCUT2D eigenvalue weighted by Crippen LogP contribution is 2.38. The maximum absolute atomic E-state index is 12.9. The average molecular weight is 980 g/mol. The van der Waals surface area contributed by atoms with Crippen LogP contribution in [0.2, 0.25) is 0 Å². The van der Waals surface area contributed by atoms with E-state index in [1.54, 1.807) is 6.08 Å². The fraction of sp³-hybridized carbons (Fsp3) is 0.881. The maximum atomic E-state index is 12.9. The number of hydrogen-bond acceptors (Lipinski definition) is 6. The molecule has 0 spiro atoms. The second-order valence-electron chi connectivity index (χ2n) is 21.4. The highest BCUT2D eigenvalue weighted by atomic mass is 31.2. The zero-order chi connectivity index (χ0) is 49.9. The van der Waals surface area contributed by atoms with Crippen molar-refractivity contribution in [2.24, 2.45) is 0 Å². The number of allylic oxidation sites excluding steroid dienone is 5. The molecule has 3 unspecified atom stereocenters. The van der Waals surface area contributed by atoms with Crippen LogP contribution in [0.25, 0.3) is 0 Å². The van der Waals surface area contributed by atoms with E-state index in [2.05, 4.69) is 43.5 Å². The molecule has 0 aliphatic rings. The molecule has 0 aliphatic heterocycles. The lowest BCUT2D eigenvalue weighted by Crippen LogP contribution is -2.45. The molecule has 402 valence electrons. The maximum Gasteiger partial charge on any atom is 0.268 e. The van der Waals surface area contributed by atoms with Gasteiger partial charge in [0.15, 0.2) is 0 Å². The van der Waals surface area contributed by atoms with E-state index in [4.69, 9.17) is 9.05 Å². The first-order chi connectivity index (χ1) is 33.0. The number of quaternary nitrogens is 1. The number of carbonyl (C=O) groups is 1. The molecule has 0 aromatic carbocycles. The summed E-state index contributed by atoms with van der Waals surface area (Å²) in [5.41, 5.74) is 0. The first-order valence-electron chi connectivity index (χ1n) is 29.4. The number of aliphatic hydroxyl groups excluding tert-OH is 1. The second-order valence-corrected chi connectivity index (χ2v) is 22.8. The minimum Gasteiger partial charge on any atom is -0.756 e. The van der Waals surface area contributed by atoms with E-state index >= 15 is 0 Å². The molecule has 68 heavy (non-hydrogen) atoms. The summed E-state index contributed by atoms with van der Waals surface area (Å²) in [6.07, 6.45) is 65.1. The summed E-state index contributed by atoms with van der Waals surface area (Å²) in [6.45, 7) is 4.65. The van der Waals surface area contributed by atoms with Crippen molar-refractivity contribution in [1.82, 2.24) is 5.32 Å². The number of carbonyl (C=O) groups excluding carboxylic acids is 1. The third-order valence-electron chi connectivity index (χ3n) is 13.3. The molecule has 0 aromatic rings. The van der Waals surface area contributed by atoms with Crippen LogP contribution in [-0.4, -0.2) is 68.5 Å². The molecule has 0 bridgehead atoms. The fourth-order valence-corrected chi connectivity index (χ4v) is 9.44. The van der Waals surface area contributed by atoms with Gasteiger partial charge in [0, 0.05) is 6.42 Å². The summed E-state index contributed by atoms with van der Waals surface area (Å²) in [5.74, 6) is -0.203. The molecule has 3 atom stereocenters. The van der Waals surface area contributed by atoms with Gasteiger partial charge in [-0.15, -0.1) is 0 Å². The Morgan fingerprint density at radius 1 is 0.515 bits per heavy atom. The van der Waals surface area contributed by atoms with Crippen molar-refractivity contribution in [3.05, 3.63) is 36.5 Å². The monoisotopic (exact) mass is 979 g/mol. The highest BCUT2D eigenvalue weighted by Gasteiger charge is 2.23. The average Bonchev–Trinajstić information content (AvgIpc) is 3.30. The van der Waals surface area contributed by atoms with Crippen molar-refractivity contribution in [2.45, 2.75) is 296 Å². The Balaban J connectivity index is 4.14. The summed E-state index contributed by atoms with van der Waals surface area (Å²) in [5, 5.41) is 13.9. The number of nitrogens with one attached hydrogen (secondary N) is 1. The van der Waals surface area contributed by atoms with Crippen molar-refractivity contribution in [1.29, 1.82) is 0 Å². The van der Waals surface area contributed by atoms with Gasteiger partial charge in [-0.2, -0.15) is 0 Å². The van der Waals surface area contributed by atoms with E-state index < -0.39 is 20.0 Å². The predicted molar refractivity (Wildman–Crippen MR) is 293 cm³/mol. The summed E-state index contributed by atoms with van der Waals surface area (Å²) in [4.78, 5) is 25.5. The summed E-state index contributed by atoms with van der Waals surface area (Å²) < 4.78 is 23.3. The first-order valence-corrected chi connectivity index (χ1v) is 30.8. The van der Waals surface area contributed by atoms with Crippen molar-refractivity contribution < 1.29 is 32.9 Å². The van der Waals surface area contributed by atoms with Crippen LogP contribution in [0.4, 0.5) is 0 Å². The molecule has 2 N–H and O–H groups in total. The molecule has 0 aliphatic carbocycles. The van der Waals surface area contributed by atoms with Gasteiger partial charge >= 0.3 is 0 Å². The highest BCUT2D eigenvalue weighted by molar-refractivity contribution is 7.45. The molecule has 0 fully saturated rings. The Kier molecular flexibility index (Phi) is 49.7. The number of nitrogens with zero attached hydrogens (tertiary/aromatic N) is 1. The molecule has 0 radical (unpaired) electrons. The van der Waals surface area contributed by atoms with Crippen LogP contribution in [0.5, 0.6) is 0 Å². The van der Waals surface area contributed by atoms with Crippen LogP contribution in [-0.2, 0) is 18.4 Å². The Bertz CT molecular complexity index is 1200. The molecule has 0 saturated carbocycles. The van der Waals surface area contributed by atoms with Crippen molar-refractivity contribution in [2.75, 3.05) is 40.9 Å². The van der Waals surface area contributed by atoms with Gasteiger partial charge in [-0.1, -0.05) is 262 Å². The minimum absolute atomic E-state index is 0.00240. The molecule has 0 aromatic heterocycles. The van der Waals surface area contributed by atoms with E-state index in [9.17, 15) is 19.4 Å². The van der Waals surface area contributed by atoms with Crippen LogP contribution in [0, 0.1) is 0 Å². The van der Waals surface area contributed by atoms with E-state index in [0.717, 1.165) is 51.4 Å². The largest absolute Gasteiger partial charge is 0.756 e. The zero-order valence-corrected chi connectivity index (χ0v) is 46.7. The summed E-state index contributed by atoms with van der Waals surface area (Å²) in [6, 6.07) is -0.891. The molecule has 1 amide bonds. The number of phosphoric acid groups is 1. The van der Waals surface area contributed by atoms with Gasteiger partial charge in [0.1, 0.15) is 13.2 Å². The van der Waals surface area contributed by atoms with Gasteiger partial charge in [0.2, 0.25) is 5.91 Å². The molecule has 0 rings (SSSR count). The summed E-state index contributed by atoms with van der Waals surface area (Å²) >= 11 is 0. The smallest absolute Gasteiger partial charge is 0.268 e. The predicted octanol–water partition coefficient (Wildman–Crippen LogP) is 17.1. The number of likely N-dealkylation sites (N-methyl/N-ethyl adjacent to an activating group) is 1. The Hall–Kier alpha value is -1.28. The van der Waals surface area contributed by atoms with E-state index in [1.807, 2.05) is 27.2 Å². The lowest BCUT2D eigenvalue weighted by Gasteiger charge is -2.29. The Labute approximate surface area is 423 Å². The summed E-state index contributed by atoms with van der Waals surface area (Å²) in [7, 11) is 1.26. The van der Waals surface area contributed by atoms with Gasteiger partial charge < -0.3 is 28.8 Å². The SMILES string of the molecule is CCCCC/C=C\C/C=C\CCCCCCCCCC(=O)NC(COP(=O)([O-])OCC[N+](C)(C)C)C(O)/C=C/CCCCCCCCCCCCCCCCCCCCCCCCCCCCC. The van der Waals surface area contributed by atoms with Gasteiger partial charge in [0.25, 0.3) is 7.82 Å². The second kappa shape index (κ2) is 50.7. The first kappa shape index (κ1) is 66.7. The lowest BCUT2D eigenvalue weighted by molar-refractivity contribution is -0.870. The molecular weight excluding hydrogens is 864 g/mol. The van der Waals surface area contributed by atoms with Gasteiger partial charge in [-0.3, -0.25) is 9.36 Å². The number of unbranched alkanes of at least 4 members (excludes halogenated alkanes) is 37. The van der Waals surface area contributed by atoms with Crippen LogP contribution in [0.3, 0.4) is 0 Å². The number of amides is 1. The molecule has 8 nitrogen and oxygen atoms in total. The Morgan fingerprint density at radius 3 is 1.25 bits per heavy atom. The standard InChI is InChI=1S/C59H115N2O6P/c1-6-8-10-12-14-16-18-20-22-24-25-26-27-28-29-30-31-32-33-34-35-37-38-40-42-44-46-48-50-52-58(62)57(56-67-68(64,65)66-55-54-61(3,4)5)60-59(63)53-51-49-47-45-43-41-39-36-23-21-19-17-15-13-11-9-7-2/h15,17,21,23,50,52,57-58,62H,6-14,16,18-20,22,24-49,51,53-56H2,1-5H3,(H-,60,63,64,65)/b17-15-,23-21-,52-50+. The quantitative estimate of drug-likeness (QED) is 0.0272. The van der Waals surface area contributed by atoms with E-state index in [1.165, 1.54) is 212 Å². The minimum atomic E-state index is -4.60. The van der Waals surface area contributed by atoms with Crippen LogP contribution in [0.1, 0.15) is 284 Å². The third kappa shape index (κ3) is 52.5. The number of phosphoric ester groups is 1. The van der Waals surface area contributed by atoms with Crippen LogP contribution >= 0.6 is 7.82 Å². The lowest BCUT2D eigenvalue weighted by atomic mass is 10.0. The van der Waals surface area contributed by atoms with Crippen molar-refractivity contribution >= 4 is 13.7 Å². The van der Waals surface area contributed by atoms with Gasteiger partial charge in [0.05, 0.1) is 39.9 Å². The normalized spacial score (nSPS) is 14.2. The number of aliphatic hydroxyl groups is 1. The van der Waals surface area contributed by atoms with Crippen LogP contribution < -0.4 is 10.2 Å². The fourth-order valence-electron chi connectivity index (χ4n) is 8.72. The molecule has 9 heteroatoms. The number of hydrogen-bond donors (Lipinski definition) is 2. The molecule has 0 heterocycles.